The van der Waals surface area contributed by atoms with Gasteiger partial charge in [0.25, 0.3) is 0 Å². The maximum atomic E-state index is 6.14. The highest BCUT2D eigenvalue weighted by Gasteiger charge is 2.29. The first-order valence-electron chi connectivity index (χ1n) is 5.86. The number of aromatic nitrogens is 2. The second kappa shape index (κ2) is 4.13. The summed E-state index contributed by atoms with van der Waals surface area (Å²) in [6, 6.07) is 0.131. The molecule has 0 spiro atoms. The van der Waals surface area contributed by atoms with Crippen LogP contribution in [0, 0.1) is 0 Å². The Balaban J connectivity index is 2.02. The second-order valence-electron chi connectivity index (χ2n) is 4.61. The van der Waals surface area contributed by atoms with Gasteiger partial charge < -0.3 is 15.0 Å². The molecule has 0 aromatic carbocycles. The quantitative estimate of drug-likeness (QED) is 0.858. The minimum atomic E-state index is 0.131. The van der Waals surface area contributed by atoms with Crippen LogP contribution in [-0.2, 0) is 11.3 Å². The summed E-state index contributed by atoms with van der Waals surface area (Å²) in [5, 5.41) is 0. The number of nitrogens with two attached hydrogens (primary N) is 1. The van der Waals surface area contributed by atoms with Crippen molar-refractivity contribution in [3.05, 3.63) is 16.1 Å². The summed E-state index contributed by atoms with van der Waals surface area (Å²) in [5.41, 5.74) is 7.31. The molecule has 0 saturated carbocycles. The molecule has 0 radical (unpaired) electrons. The average Bonchev–Trinajstić information content (AvgIpc) is 2.86. The molecule has 5 heteroatoms. The lowest BCUT2D eigenvalue weighted by Gasteiger charge is -2.23. The molecule has 16 heavy (non-hydrogen) atoms. The summed E-state index contributed by atoms with van der Waals surface area (Å²) < 4.78 is 8.67. The number of ether oxygens (including phenoxy) is 1. The highest BCUT2D eigenvalue weighted by atomic mass is 79.9. The Labute approximate surface area is 103 Å². The molecule has 1 aromatic heterocycles. The Bertz CT molecular complexity index is 398. The van der Waals surface area contributed by atoms with E-state index in [1.165, 1.54) is 5.69 Å². The Morgan fingerprint density at radius 1 is 1.44 bits per heavy atom. The molecule has 2 aliphatic heterocycles. The highest BCUT2D eigenvalue weighted by Crippen LogP contribution is 2.35. The van der Waals surface area contributed by atoms with Crippen molar-refractivity contribution in [3.8, 4) is 0 Å². The van der Waals surface area contributed by atoms with Crippen LogP contribution in [0.5, 0.6) is 0 Å². The minimum absolute atomic E-state index is 0.131. The van der Waals surface area contributed by atoms with Crippen LogP contribution in [0.15, 0.2) is 4.60 Å². The largest absolute Gasteiger partial charge is 0.381 e. The molecule has 1 saturated heterocycles. The summed E-state index contributed by atoms with van der Waals surface area (Å²) in [6.45, 7) is 2.71. The number of imidazole rings is 1. The van der Waals surface area contributed by atoms with E-state index in [1.807, 2.05) is 0 Å². The van der Waals surface area contributed by atoms with Crippen LogP contribution in [0.25, 0.3) is 0 Å². The molecule has 2 N–H and O–H groups in total. The summed E-state index contributed by atoms with van der Waals surface area (Å²) in [5.74, 6) is 1.62. The van der Waals surface area contributed by atoms with Crippen LogP contribution in [0.1, 0.15) is 42.7 Å². The van der Waals surface area contributed by atoms with Crippen LogP contribution >= 0.6 is 15.9 Å². The Morgan fingerprint density at radius 2 is 2.31 bits per heavy atom. The molecule has 2 unspecified atom stereocenters. The van der Waals surface area contributed by atoms with Crippen LogP contribution in [0.2, 0.25) is 0 Å². The molecular weight excluding hydrogens is 270 g/mol. The molecule has 4 nitrogen and oxygen atoms in total. The number of nitrogens with zero attached hydrogens (tertiary/aromatic N) is 2. The second-order valence-corrected chi connectivity index (χ2v) is 5.36. The van der Waals surface area contributed by atoms with Gasteiger partial charge in [-0.15, -0.1) is 0 Å². The van der Waals surface area contributed by atoms with Crippen molar-refractivity contribution in [1.82, 2.24) is 9.55 Å². The van der Waals surface area contributed by atoms with Gasteiger partial charge in [0.05, 0.1) is 12.3 Å². The summed E-state index contributed by atoms with van der Waals surface area (Å²) in [4.78, 5) is 4.64. The van der Waals surface area contributed by atoms with Gasteiger partial charge in [-0.1, -0.05) is 0 Å². The Morgan fingerprint density at radius 3 is 3.06 bits per heavy atom. The van der Waals surface area contributed by atoms with E-state index in [-0.39, 0.29) is 6.04 Å². The van der Waals surface area contributed by atoms with Crippen molar-refractivity contribution in [3.63, 3.8) is 0 Å². The molecule has 2 aliphatic rings. The topological polar surface area (TPSA) is 53.1 Å². The molecule has 88 valence electrons. The summed E-state index contributed by atoms with van der Waals surface area (Å²) in [7, 11) is 0. The lowest BCUT2D eigenvalue weighted by Crippen LogP contribution is -2.23. The molecule has 0 bridgehead atoms. The molecule has 3 heterocycles. The van der Waals surface area contributed by atoms with Gasteiger partial charge in [0.15, 0.2) is 0 Å². The molecular formula is C11H16BrN3O. The normalized spacial score (nSPS) is 29.4. The zero-order chi connectivity index (χ0) is 11.1. The van der Waals surface area contributed by atoms with E-state index >= 15 is 0 Å². The first-order chi connectivity index (χ1) is 7.77. The van der Waals surface area contributed by atoms with Crippen LogP contribution in [0.3, 0.4) is 0 Å². The maximum Gasteiger partial charge on any atom is 0.129 e. The maximum absolute atomic E-state index is 6.14. The Kier molecular flexibility index (Phi) is 2.77. The number of halogens is 1. The lowest BCUT2D eigenvalue weighted by atomic mass is 10.0. The predicted octanol–water partition coefficient (Wildman–Crippen LogP) is 1.94. The van der Waals surface area contributed by atoms with Crippen molar-refractivity contribution in [2.45, 2.75) is 37.8 Å². The Hall–Kier alpha value is -0.390. The van der Waals surface area contributed by atoms with E-state index < -0.39 is 0 Å². The van der Waals surface area contributed by atoms with Crippen molar-refractivity contribution < 1.29 is 4.74 Å². The zero-order valence-corrected chi connectivity index (χ0v) is 10.7. The van der Waals surface area contributed by atoms with E-state index in [2.05, 4.69) is 25.5 Å². The van der Waals surface area contributed by atoms with Crippen molar-refractivity contribution in [2.24, 2.45) is 5.73 Å². The molecule has 0 aliphatic carbocycles. The van der Waals surface area contributed by atoms with Gasteiger partial charge in [0.1, 0.15) is 10.4 Å². The van der Waals surface area contributed by atoms with Gasteiger partial charge in [-0.2, -0.15) is 0 Å². The predicted molar refractivity (Wildman–Crippen MR) is 64.3 cm³/mol. The lowest BCUT2D eigenvalue weighted by molar-refractivity contribution is 0.192. The van der Waals surface area contributed by atoms with Gasteiger partial charge >= 0.3 is 0 Å². The standard InChI is InChI=1S/C11H16BrN3O/c12-10-9-8(13)2-1-4-15(9)11(14-10)7-3-5-16-6-7/h7-8H,1-6,13H2. The third kappa shape index (κ3) is 1.61. The van der Waals surface area contributed by atoms with Gasteiger partial charge in [0, 0.05) is 25.1 Å². The third-order valence-corrected chi connectivity index (χ3v) is 4.12. The monoisotopic (exact) mass is 285 g/mol. The van der Waals surface area contributed by atoms with Gasteiger partial charge in [0.2, 0.25) is 0 Å². The molecule has 1 aromatic rings. The third-order valence-electron chi connectivity index (χ3n) is 3.53. The summed E-state index contributed by atoms with van der Waals surface area (Å²) in [6.07, 6.45) is 3.29. The van der Waals surface area contributed by atoms with E-state index in [1.54, 1.807) is 0 Å². The van der Waals surface area contributed by atoms with Crippen molar-refractivity contribution >= 4 is 15.9 Å². The van der Waals surface area contributed by atoms with Crippen LogP contribution in [0.4, 0.5) is 0 Å². The van der Waals surface area contributed by atoms with E-state index in [4.69, 9.17) is 10.5 Å². The zero-order valence-electron chi connectivity index (χ0n) is 9.16. The first kappa shape index (κ1) is 10.7. The first-order valence-corrected chi connectivity index (χ1v) is 6.66. The van der Waals surface area contributed by atoms with Crippen LogP contribution in [-0.4, -0.2) is 22.8 Å². The van der Waals surface area contributed by atoms with Crippen LogP contribution < -0.4 is 5.73 Å². The van der Waals surface area contributed by atoms with Gasteiger partial charge in [-0.25, -0.2) is 4.98 Å². The van der Waals surface area contributed by atoms with E-state index in [0.717, 1.165) is 49.4 Å². The molecule has 1 fully saturated rings. The average molecular weight is 286 g/mol. The molecule has 3 rings (SSSR count). The number of fused-ring (bicyclic) bond motifs is 1. The van der Waals surface area contributed by atoms with Crippen molar-refractivity contribution in [1.29, 1.82) is 0 Å². The smallest absolute Gasteiger partial charge is 0.129 e. The van der Waals surface area contributed by atoms with E-state index in [0.29, 0.717) is 5.92 Å². The summed E-state index contributed by atoms with van der Waals surface area (Å²) >= 11 is 3.54. The number of hydrogen-bond acceptors (Lipinski definition) is 3. The van der Waals surface area contributed by atoms with Gasteiger partial charge in [-0.05, 0) is 35.2 Å². The van der Waals surface area contributed by atoms with Gasteiger partial charge in [-0.3, -0.25) is 0 Å². The fraction of sp³-hybridized carbons (Fsp3) is 0.727. The highest BCUT2D eigenvalue weighted by molar-refractivity contribution is 9.10. The fourth-order valence-corrected chi connectivity index (χ4v) is 3.39. The fourth-order valence-electron chi connectivity index (χ4n) is 2.70. The number of hydrogen-bond donors (Lipinski definition) is 1. The van der Waals surface area contributed by atoms with Crippen molar-refractivity contribution in [2.75, 3.05) is 13.2 Å². The number of rotatable bonds is 1. The van der Waals surface area contributed by atoms with E-state index in [9.17, 15) is 0 Å². The molecule has 0 amide bonds. The minimum Gasteiger partial charge on any atom is -0.381 e. The SMILES string of the molecule is NC1CCCn2c(C3CCOC3)nc(Br)c21. The molecule has 2 atom stereocenters.